The monoisotopic (exact) mass is 321 g/mol. The summed E-state index contributed by atoms with van der Waals surface area (Å²) in [4.78, 5) is 21.6. The Bertz CT molecular complexity index is 686. The second-order valence-corrected chi connectivity index (χ2v) is 5.37. The molecule has 120 valence electrons. The van der Waals surface area contributed by atoms with Crippen molar-refractivity contribution in [3.8, 4) is 0 Å². The predicted octanol–water partition coefficient (Wildman–Crippen LogP) is 3.47. The van der Waals surface area contributed by atoms with Gasteiger partial charge in [0.15, 0.2) is 0 Å². The van der Waals surface area contributed by atoms with Gasteiger partial charge in [0.25, 0.3) is 5.91 Å². The van der Waals surface area contributed by atoms with Crippen LogP contribution in [0.25, 0.3) is 0 Å². The molecular formula is C16H14F3N3O. The summed E-state index contributed by atoms with van der Waals surface area (Å²) in [7, 11) is 0. The third-order valence-corrected chi connectivity index (χ3v) is 3.91. The zero-order chi connectivity index (χ0) is 16.4. The number of likely N-dealkylation sites (tertiary alicyclic amines) is 1. The van der Waals surface area contributed by atoms with Crippen LogP contribution < -0.4 is 0 Å². The molecule has 1 aliphatic heterocycles. The fraction of sp³-hybridized carbons (Fsp3) is 0.312. The van der Waals surface area contributed by atoms with E-state index in [9.17, 15) is 18.0 Å². The lowest BCUT2D eigenvalue weighted by Gasteiger charge is -2.25. The number of hydrogen-bond donors (Lipinski definition) is 0. The molecule has 3 rings (SSSR count). The fourth-order valence-electron chi connectivity index (χ4n) is 2.80. The van der Waals surface area contributed by atoms with Crippen molar-refractivity contribution in [3.63, 3.8) is 0 Å². The maximum atomic E-state index is 12.6. The van der Waals surface area contributed by atoms with Crippen LogP contribution >= 0.6 is 0 Å². The Balaban J connectivity index is 1.82. The normalized spacial score (nSPS) is 18.2. The van der Waals surface area contributed by atoms with E-state index in [1.54, 1.807) is 17.3 Å². The van der Waals surface area contributed by atoms with Crippen LogP contribution in [0.1, 0.15) is 40.5 Å². The van der Waals surface area contributed by atoms with Crippen molar-refractivity contribution in [2.24, 2.45) is 0 Å². The third-order valence-electron chi connectivity index (χ3n) is 3.91. The van der Waals surface area contributed by atoms with Crippen molar-refractivity contribution >= 4 is 5.91 Å². The average molecular weight is 321 g/mol. The minimum atomic E-state index is -4.51. The van der Waals surface area contributed by atoms with Crippen molar-refractivity contribution in [2.75, 3.05) is 6.54 Å². The Labute approximate surface area is 131 Å². The molecule has 23 heavy (non-hydrogen) atoms. The first kappa shape index (κ1) is 15.5. The highest BCUT2D eigenvalue weighted by Crippen LogP contribution is 2.33. The molecular weight excluding hydrogens is 307 g/mol. The predicted molar refractivity (Wildman–Crippen MR) is 76.5 cm³/mol. The van der Waals surface area contributed by atoms with Gasteiger partial charge < -0.3 is 4.90 Å². The van der Waals surface area contributed by atoms with Crippen LogP contribution in [0.5, 0.6) is 0 Å². The number of carbonyl (C=O) groups excluding carboxylic acids is 1. The minimum absolute atomic E-state index is 0.0761. The molecule has 1 saturated heterocycles. The maximum Gasteiger partial charge on any atom is 0.433 e. The summed E-state index contributed by atoms with van der Waals surface area (Å²) >= 11 is 0. The van der Waals surface area contributed by atoms with Crippen LogP contribution in [0.4, 0.5) is 13.2 Å². The molecule has 1 amide bonds. The second-order valence-electron chi connectivity index (χ2n) is 5.37. The SMILES string of the molecule is O=C(c1ccc(C(F)(F)F)nc1)N1CCC[C@H]1c1ccncc1. The molecule has 0 radical (unpaired) electrons. The van der Waals surface area contributed by atoms with Crippen LogP contribution in [0, 0.1) is 0 Å². The topological polar surface area (TPSA) is 46.1 Å². The molecule has 7 heteroatoms. The van der Waals surface area contributed by atoms with E-state index in [4.69, 9.17) is 0 Å². The van der Waals surface area contributed by atoms with Crippen LogP contribution in [-0.4, -0.2) is 27.3 Å². The summed E-state index contributed by atoms with van der Waals surface area (Å²) in [6, 6.07) is 5.64. The first-order chi connectivity index (χ1) is 11.0. The van der Waals surface area contributed by atoms with E-state index < -0.39 is 11.9 Å². The highest BCUT2D eigenvalue weighted by molar-refractivity contribution is 5.94. The summed E-state index contributed by atoms with van der Waals surface area (Å²) in [5, 5.41) is 0. The molecule has 0 N–H and O–H groups in total. The summed E-state index contributed by atoms with van der Waals surface area (Å²) in [6.45, 7) is 0.576. The second kappa shape index (κ2) is 5.98. The molecule has 4 nitrogen and oxygen atoms in total. The number of alkyl halides is 3. The van der Waals surface area contributed by atoms with E-state index >= 15 is 0 Å². The van der Waals surface area contributed by atoms with E-state index in [-0.39, 0.29) is 17.5 Å². The van der Waals surface area contributed by atoms with Gasteiger partial charge in [0.1, 0.15) is 5.69 Å². The molecule has 2 aromatic rings. The van der Waals surface area contributed by atoms with E-state index in [2.05, 4.69) is 9.97 Å². The molecule has 0 saturated carbocycles. The zero-order valence-electron chi connectivity index (χ0n) is 12.1. The Morgan fingerprint density at radius 2 is 1.91 bits per heavy atom. The molecule has 1 atom stereocenters. The Morgan fingerprint density at radius 1 is 1.17 bits per heavy atom. The van der Waals surface area contributed by atoms with Crippen LogP contribution in [0.15, 0.2) is 42.9 Å². The zero-order valence-corrected chi connectivity index (χ0v) is 12.1. The van der Waals surface area contributed by atoms with E-state index in [1.165, 1.54) is 6.07 Å². The molecule has 0 aromatic carbocycles. The van der Waals surface area contributed by atoms with Crippen molar-refractivity contribution in [3.05, 3.63) is 59.7 Å². The lowest BCUT2D eigenvalue weighted by Crippen LogP contribution is -2.30. The van der Waals surface area contributed by atoms with Gasteiger partial charge in [0.2, 0.25) is 0 Å². The molecule has 0 aliphatic carbocycles. The van der Waals surface area contributed by atoms with Crippen LogP contribution in [-0.2, 0) is 6.18 Å². The number of pyridine rings is 2. The number of hydrogen-bond acceptors (Lipinski definition) is 3. The standard InChI is InChI=1S/C16H14F3N3O/c17-16(18,19)14-4-3-12(10-21-14)15(23)22-9-1-2-13(22)11-5-7-20-8-6-11/h3-8,10,13H,1-2,9H2/t13-/m0/s1. The van der Waals surface area contributed by atoms with Gasteiger partial charge in [0, 0.05) is 25.1 Å². The van der Waals surface area contributed by atoms with E-state index in [0.29, 0.717) is 6.54 Å². The van der Waals surface area contributed by atoms with Gasteiger partial charge >= 0.3 is 6.18 Å². The summed E-state index contributed by atoms with van der Waals surface area (Å²) in [6.07, 6.45) is 1.49. The summed E-state index contributed by atoms with van der Waals surface area (Å²) in [5.41, 5.74) is 0.144. The molecule has 0 bridgehead atoms. The summed E-state index contributed by atoms with van der Waals surface area (Å²) in [5.74, 6) is -0.300. The van der Waals surface area contributed by atoms with Gasteiger partial charge in [-0.25, -0.2) is 0 Å². The third kappa shape index (κ3) is 3.18. The largest absolute Gasteiger partial charge is 0.433 e. The number of nitrogens with zero attached hydrogens (tertiary/aromatic N) is 3. The van der Waals surface area contributed by atoms with E-state index in [0.717, 1.165) is 30.7 Å². The van der Waals surface area contributed by atoms with Crippen molar-refractivity contribution < 1.29 is 18.0 Å². The lowest BCUT2D eigenvalue weighted by molar-refractivity contribution is -0.141. The number of aromatic nitrogens is 2. The Kier molecular flexibility index (Phi) is 4.02. The van der Waals surface area contributed by atoms with Gasteiger partial charge in [-0.3, -0.25) is 14.8 Å². The van der Waals surface area contributed by atoms with E-state index in [1.807, 2.05) is 12.1 Å². The van der Waals surface area contributed by atoms with Gasteiger partial charge in [-0.1, -0.05) is 0 Å². The van der Waals surface area contributed by atoms with Crippen LogP contribution in [0.2, 0.25) is 0 Å². The summed E-state index contributed by atoms with van der Waals surface area (Å²) < 4.78 is 37.6. The van der Waals surface area contributed by atoms with Gasteiger partial charge in [-0.2, -0.15) is 13.2 Å². The van der Waals surface area contributed by atoms with Crippen molar-refractivity contribution in [1.82, 2.24) is 14.9 Å². The molecule has 1 aliphatic rings. The van der Waals surface area contributed by atoms with Crippen molar-refractivity contribution in [2.45, 2.75) is 25.1 Å². The quantitative estimate of drug-likeness (QED) is 0.851. The fourth-order valence-corrected chi connectivity index (χ4v) is 2.80. The smallest absolute Gasteiger partial charge is 0.332 e. The lowest BCUT2D eigenvalue weighted by atomic mass is 10.1. The van der Waals surface area contributed by atoms with Crippen LogP contribution in [0.3, 0.4) is 0 Å². The van der Waals surface area contributed by atoms with Crippen molar-refractivity contribution in [1.29, 1.82) is 0 Å². The molecule has 2 aromatic heterocycles. The van der Waals surface area contributed by atoms with Gasteiger partial charge in [-0.05, 0) is 42.7 Å². The molecule has 0 unspecified atom stereocenters. The molecule has 1 fully saturated rings. The first-order valence-electron chi connectivity index (χ1n) is 7.21. The average Bonchev–Trinajstić information content (AvgIpc) is 3.04. The molecule has 0 spiro atoms. The number of carbonyl (C=O) groups is 1. The highest BCUT2D eigenvalue weighted by Gasteiger charge is 2.34. The number of halogens is 3. The van der Waals surface area contributed by atoms with Gasteiger partial charge in [-0.15, -0.1) is 0 Å². The number of rotatable bonds is 2. The first-order valence-corrected chi connectivity index (χ1v) is 7.21. The highest BCUT2D eigenvalue weighted by atomic mass is 19.4. The maximum absolute atomic E-state index is 12.6. The van der Waals surface area contributed by atoms with Gasteiger partial charge in [0.05, 0.1) is 11.6 Å². The minimum Gasteiger partial charge on any atom is -0.332 e. The Hall–Kier alpha value is -2.44. The molecule has 3 heterocycles. The number of amides is 1. The Morgan fingerprint density at radius 3 is 2.52 bits per heavy atom.